The number of hydrogen-bond donors (Lipinski definition) is 2. The van der Waals surface area contributed by atoms with Gasteiger partial charge >= 0.3 is 11.8 Å². The van der Waals surface area contributed by atoms with Gasteiger partial charge in [-0.25, -0.2) is 13.1 Å². The number of amides is 2. The molecule has 0 bridgehead atoms. The number of aromatic nitrogens is 2. The maximum atomic E-state index is 12.9. The molecule has 1 saturated heterocycles. The number of benzene rings is 1. The first-order valence-corrected chi connectivity index (χ1v) is 12.3. The van der Waals surface area contributed by atoms with E-state index in [1.807, 2.05) is 36.9 Å². The van der Waals surface area contributed by atoms with Crippen LogP contribution in [0, 0.1) is 13.8 Å². The van der Waals surface area contributed by atoms with Crippen LogP contribution in [0.4, 0.5) is 5.82 Å². The van der Waals surface area contributed by atoms with Gasteiger partial charge in [0.15, 0.2) is 9.84 Å². The second-order valence-electron chi connectivity index (χ2n) is 8.32. The topological polar surface area (TPSA) is 125 Å². The van der Waals surface area contributed by atoms with E-state index in [2.05, 4.69) is 10.4 Å². The Labute approximate surface area is 186 Å². The standard InChI is InChI=1S/C21H27N5O5S/c1-14-3-4-18(15(2)11-14)26-19(16-12-32(30,31)13-17(16)23-26)22-20(28)21(29)25-7-5-24(6-8-25)9-10-27/h3-4,11,27H,5-10,12-13H2,1-2H3,(H,22,28). The lowest BCUT2D eigenvalue weighted by molar-refractivity contribution is -0.144. The third-order valence-electron chi connectivity index (χ3n) is 5.87. The van der Waals surface area contributed by atoms with Gasteiger partial charge in [0.1, 0.15) is 5.82 Å². The molecular weight excluding hydrogens is 434 g/mol. The normalized spacial score (nSPS) is 17.9. The number of piperazine rings is 1. The Morgan fingerprint density at radius 2 is 1.84 bits per heavy atom. The molecule has 2 aromatic rings. The van der Waals surface area contributed by atoms with E-state index < -0.39 is 21.7 Å². The number of aliphatic hydroxyl groups is 1. The van der Waals surface area contributed by atoms with Crippen molar-refractivity contribution < 1.29 is 23.1 Å². The Kier molecular flexibility index (Phi) is 6.06. The number of carbonyl (C=O) groups excluding carboxylic acids is 2. The number of carbonyl (C=O) groups is 2. The summed E-state index contributed by atoms with van der Waals surface area (Å²) in [7, 11) is -3.34. The third-order valence-corrected chi connectivity index (χ3v) is 7.31. The van der Waals surface area contributed by atoms with Crippen molar-refractivity contribution in [2.24, 2.45) is 0 Å². The number of aryl methyl sites for hydroxylation is 2. The van der Waals surface area contributed by atoms with Crippen LogP contribution in [0.15, 0.2) is 18.2 Å². The SMILES string of the molecule is Cc1ccc(-n2nc3c(c2NC(=O)C(=O)N2CCN(CCO)CC2)CS(=O)(=O)C3)c(C)c1. The summed E-state index contributed by atoms with van der Waals surface area (Å²) in [6, 6.07) is 5.75. The second kappa shape index (κ2) is 8.64. The molecule has 1 fully saturated rings. The highest BCUT2D eigenvalue weighted by molar-refractivity contribution is 7.90. The molecule has 2 aliphatic rings. The Bertz CT molecular complexity index is 1170. The van der Waals surface area contributed by atoms with E-state index in [0.717, 1.165) is 11.1 Å². The van der Waals surface area contributed by atoms with Crippen molar-refractivity contribution in [3.63, 3.8) is 0 Å². The number of β-amino-alcohol motifs (C(OH)–C–C–N with tert-alkyl or cyclic N) is 1. The zero-order chi connectivity index (χ0) is 23.0. The van der Waals surface area contributed by atoms with E-state index in [-0.39, 0.29) is 23.9 Å². The maximum absolute atomic E-state index is 12.9. The van der Waals surface area contributed by atoms with Gasteiger partial charge in [-0.05, 0) is 25.5 Å². The number of nitrogens with one attached hydrogen (secondary N) is 1. The molecule has 10 nitrogen and oxygen atoms in total. The highest BCUT2D eigenvalue weighted by Crippen LogP contribution is 2.33. The van der Waals surface area contributed by atoms with E-state index in [0.29, 0.717) is 49.7 Å². The summed E-state index contributed by atoms with van der Waals surface area (Å²) in [4.78, 5) is 29.1. The van der Waals surface area contributed by atoms with Gasteiger partial charge in [-0.15, -0.1) is 0 Å². The average Bonchev–Trinajstić information content (AvgIpc) is 3.20. The fraction of sp³-hybridized carbons (Fsp3) is 0.476. The van der Waals surface area contributed by atoms with Crippen LogP contribution in [0.1, 0.15) is 22.4 Å². The maximum Gasteiger partial charge on any atom is 0.315 e. The second-order valence-corrected chi connectivity index (χ2v) is 10.4. The van der Waals surface area contributed by atoms with E-state index in [9.17, 15) is 18.0 Å². The number of hydrogen-bond acceptors (Lipinski definition) is 7. The minimum Gasteiger partial charge on any atom is -0.395 e. The predicted octanol–water partition coefficient (Wildman–Crippen LogP) is -0.00746. The smallest absolute Gasteiger partial charge is 0.315 e. The molecule has 0 aliphatic carbocycles. The van der Waals surface area contributed by atoms with Crippen molar-refractivity contribution in [1.82, 2.24) is 19.6 Å². The molecule has 172 valence electrons. The highest BCUT2D eigenvalue weighted by Gasteiger charge is 2.35. The van der Waals surface area contributed by atoms with Crippen LogP contribution in [0.25, 0.3) is 5.69 Å². The summed E-state index contributed by atoms with van der Waals surface area (Å²) in [5.74, 6) is -1.68. The highest BCUT2D eigenvalue weighted by atomic mass is 32.2. The van der Waals surface area contributed by atoms with Crippen LogP contribution in [0.2, 0.25) is 0 Å². The van der Waals surface area contributed by atoms with Crippen LogP contribution in [0.3, 0.4) is 0 Å². The fourth-order valence-corrected chi connectivity index (χ4v) is 5.70. The molecule has 11 heteroatoms. The summed E-state index contributed by atoms with van der Waals surface area (Å²) in [6.07, 6.45) is 0. The van der Waals surface area contributed by atoms with Crippen molar-refractivity contribution >= 4 is 27.5 Å². The number of anilines is 1. The van der Waals surface area contributed by atoms with E-state index in [4.69, 9.17) is 5.11 Å². The first kappa shape index (κ1) is 22.4. The molecule has 2 aliphatic heterocycles. The molecule has 0 atom stereocenters. The number of fused-ring (bicyclic) bond motifs is 1. The fourth-order valence-electron chi connectivity index (χ4n) is 4.21. The van der Waals surface area contributed by atoms with Crippen molar-refractivity contribution in [2.75, 3.05) is 44.6 Å². The Morgan fingerprint density at radius 1 is 1.12 bits per heavy atom. The molecule has 2 N–H and O–H groups in total. The molecule has 32 heavy (non-hydrogen) atoms. The van der Waals surface area contributed by atoms with Gasteiger partial charge in [-0.3, -0.25) is 14.5 Å². The van der Waals surface area contributed by atoms with Gasteiger partial charge in [0.25, 0.3) is 0 Å². The minimum absolute atomic E-state index is 0.0465. The molecule has 2 amide bonds. The lowest BCUT2D eigenvalue weighted by Crippen LogP contribution is -2.52. The molecule has 3 heterocycles. The number of aliphatic hydroxyl groups excluding tert-OH is 1. The lowest BCUT2D eigenvalue weighted by atomic mass is 10.1. The summed E-state index contributed by atoms with van der Waals surface area (Å²) >= 11 is 0. The molecule has 0 saturated carbocycles. The molecular formula is C21H27N5O5S. The van der Waals surface area contributed by atoms with Gasteiger partial charge in [-0.1, -0.05) is 17.7 Å². The predicted molar refractivity (Wildman–Crippen MR) is 118 cm³/mol. The molecule has 0 radical (unpaired) electrons. The van der Waals surface area contributed by atoms with Crippen molar-refractivity contribution in [1.29, 1.82) is 0 Å². The first-order valence-electron chi connectivity index (χ1n) is 10.5. The number of nitrogens with zero attached hydrogens (tertiary/aromatic N) is 4. The Balaban J connectivity index is 1.60. The minimum atomic E-state index is -3.34. The summed E-state index contributed by atoms with van der Waals surface area (Å²) in [5.41, 5.74) is 3.51. The average molecular weight is 462 g/mol. The summed E-state index contributed by atoms with van der Waals surface area (Å²) in [5, 5.41) is 16.2. The Morgan fingerprint density at radius 3 is 2.50 bits per heavy atom. The molecule has 0 unspecified atom stereocenters. The molecule has 4 rings (SSSR count). The van der Waals surface area contributed by atoms with Crippen LogP contribution in [-0.2, 0) is 30.9 Å². The summed E-state index contributed by atoms with van der Waals surface area (Å²) < 4.78 is 25.8. The molecule has 1 aromatic heterocycles. The number of rotatable bonds is 4. The van der Waals surface area contributed by atoms with E-state index in [1.165, 1.54) is 9.58 Å². The van der Waals surface area contributed by atoms with Gasteiger partial charge in [0.2, 0.25) is 0 Å². The quantitative estimate of drug-likeness (QED) is 0.614. The van der Waals surface area contributed by atoms with Gasteiger partial charge < -0.3 is 15.3 Å². The van der Waals surface area contributed by atoms with Crippen molar-refractivity contribution in [3.05, 3.63) is 40.6 Å². The monoisotopic (exact) mass is 461 g/mol. The van der Waals surface area contributed by atoms with Crippen molar-refractivity contribution in [3.8, 4) is 5.69 Å². The van der Waals surface area contributed by atoms with Crippen LogP contribution in [-0.4, -0.2) is 84.2 Å². The van der Waals surface area contributed by atoms with E-state index >= 15 is 0 Å². The van der Waals surface area contributed by atoms with E-state index in [1.54, 1.807) is 0 Å². The largest absolute Gasteiger partial charge is 0.395 e. The van der Waals surface area contributed by atoms with Crippen LogP contribution >= 0.6 is 0 Å². The third kappa shape index (κ3) is 4.41. The molecule has 1 aromatic carbocycles. The zero-order valence-electron chi connectivity index (χ0n) is 18.2. The van der Waals surface area contributed by atoms with Gasteiger partial charge in [0, 0.05) is 38.3 Å². The van der Waals surface area contributed by atoms with Crippen LogP contribution in [0.5, 0.6) is 0 Å². The molecule has 0 spiro atoms. The summed E-state index contributed by atoms with van der Waals surface area (Å²) in [6.45, 7) is 6.38. The Hall–Kier alpha value is -2.76. The van der Waals surface area contributed by atoms with Gasteiger partial charge in [-0.2, -0.15) is 5.10 Å². The van der Waals surface area contributed by atoms with Crippen molar-refractivity contribution in [2.45, 2.75) is 25.4 Å². The van der Waals surface area contributed by atoms with Crippen LogP contribution < -0.4 is 5.32 Å². The first-order chi connectivity index (χ1) is 15.2. The number of sulfone groups is 1. The zero-order valence-corrected chi connectivity index (χ0v) is 19.0. The van der Waals surface area contributed by atoms with Gasteiger partial charge in [0.05, 0.1) is 29.5 Å². The lowest BCUT2D eigenvalue weighted by Gasteiger charge is -2.33.